The molecule has 0 spiro atoms. The Morgan fingerprint density at radius 3 is 3.00 bits per heavy atom. The second kappa shape index (κ2) is 8.52. The Bertz CT molecular complexity index is 554. The van der Waals surface area contributed by atoms with Crippen LogP contribution in [0, 0.1) is 0 Å². The van der Waals surface area contributed by atoms with Crippen molar-refractivity contribution in [1.29, 1.82) is 0 Å². The van der Waals surface area contributed by atoms with E-state index in [0.717, 1.165) is 35.6 Å². The van der Waals surface area contributed by atoms with Crippen molar-refractivity contribution < 1.29 is 4.79 Å². The van der Waals surface area contributed by atoms with Crippen molar-refractivity contribution >= 4 is 17.7 Å². The zero-order valence-electron chi connectivity index (χ0n) is 12.3. The zero-order valence-corrected chi connectivity index (χ0v) is 13.1. The van der Waals surface area contributed by atoms with Crippen LogP contribution in [-0.4, -0.2) is 27.8 Å². The van der Waals surface area contributed by atoms with Crippen LogP contribution in [0.4, 0.5) is 0 Å². The van der Waals surface area contributed by atoms with E-state index in [9.17, 15) is 4.79 Å². The summed E-state index contributed by atoms with van der Waals surface area (Å²) in [4.78, 5) is 17.3. The molecule has 5 heteroatoms. The van der Waals surface area contributed by atoms with Gasteiger partial charge in [-0.3, -0.25) is 4.79 Å². The molecule has 0 bridgehead atoms. The molecule has 112 valence electrons. The molecule has 0 aliphatic carbocycles. The van der Waals surface area contributed by atoms with E-state index in [1.807, 2.05) is 35.0 Å². The molecule has 2 aromatic rings. The van der Waals surface area contributed by atoms with Crippen LogP contribution in [0.3, 0.4) is 0 Å². The van der Waals surface area contributed by atoms with E-state index >= 15 is 0 Å². The number of aromatic nitrogens is 2. The molecule has 0 fully saturated rings. The monoisotopic (exact) mass is 303 g/mol. The number of hydrogen-bond donors (Lipinski definition) is 1. The van der Waals surface area contributed by atoms with E-state index in [2.05, 4.69) is 17.2 Å². The first kappa shape index (κ1) is 15.6. The lowest BCUT2D eigenvalue weighted by Gasteiger charge is -2.09. The Morgan fingerprint density at radius 1 is 1.38 bits per heavy atom. The summed E-state index contributed by atoms with van der Waals surface area (Å²) < 4.78 is 2.01. The third-order valence-electron chi connectivity index (χ3n) is 3.03. The highest BCUT2D eigenvalue weighted by Crippen LogP contribution is 2.23. The summed E-state index contributed by atoms with van der Waals surface area (Å²) in [7, 11) is 0. The topological polar surface area (TPSA) is 46.9 Å². The van der Waals surface area contributed by atoms with Crippen LogP contribution in [-0.2, 0) is 6.54 Å². The highest BCUT2D eigenvalue weighted by Gasteiger charge is 2.10. The van der Waals surface area contributed by atoms with E-state index in [0.29, 0.717) is 6.54 Å². The smallest absolute Gasteiger partial charge is 0.252 e. The van der Waals surface area contributed by atoms with Gasteiger partial charge in [-0.2, -0.15) is 0 Å². The number of benzene rings is 1. The van der Waals surface area contributed by atoms with Gasteiger partial charge >= 0.3 is 0 Å². The molecule has 0 aliphatic heterocycles. The van der Waals surface area contributed by atoms with Gasteiger partial charge in [0.2, 0.25) is 0 Å². The number of nitrogens with one attached hydrogen (secondary N) is 1. The SMILES string of the molecule is CCCSc1ccccc1C(=O)NCCCn1ccnc1. The molecule has 1 aromatic heterocycles. The second-order valence-electron chi connectivity index (χ2n) is 4.75. The first-order chi connectivity index (χ1) is 10.3. The minimum Gasteiger partial charge on any atom is -0.352 e. The number of amides is 1. The summed E-state index contributed by atoms with van der Waals surface area (Å²) in [6.07, 6.45) is 7.48. The van der Waals surface area contributed by atoms with E-state index in [-0.39, 0.29) is 5.91 Å². The number of carbonyl (C=O) groups excluding carboxylic acids is 1. The molecule has 1 aromatic carbocycles. The van der Waals surface area contributed by atoms with Gasteiger partial charge in [-0.25, -0.2) is 4.98 Å². The highest BCUT2D eigenvalue weighted by atomic mass is 32.2. The number of aryl methyl sites for hydroxylation is 1. The fourth-order valence-electron chi connectivity index (χ4n) is 1.97. The average molecular weight is 303 g/mol. The summed E-state index contributed by atoms with van der Waals surface area (Å²) >= 11 is 1.74. The molecule has 1 heterocycles. The van der Waals surface area contributed by atoms with Gasteiger partial charge in [0.15, 0.2) is 0 Å². The van der Waals surface area contributed by atoms with Crippen LogP contribution in [0.25, 0.3) is 0 Å². The van der Waals surface area contributed by atoms with Gasteiger partial charge in [0.05, 0.1) is 11.9 Å². The van der Waals surface area contributed by atoms with E-state index in [4.69, 9.17) is 0 Å². The lowest BCUT2D eigenvalue weighted by molar-refractivity contribution is 0.0950. The van der Waals surface area contributed by atoms with Gasteiger partial charge in [0.1, 0.15) is 0 Å². The van der Waals surface area contributed by atoms with Crippen molar-refractivity contribution in [1.82, 2.24) is 14.9 Å². The fourth-order valence-corrected chi connectivity index (χ4v) is 2.88. The van der Waals surface area contributed by atoms with Crippen LogP contribution >= 0.6 is 11.8 Å². The summed E-state index contributed by atoms with van der Waals surface area (Å²) in [5.41, 5.74) is 0.776. The number of nitrogens with zero attached hydrogens (tertiary/aromatic N) is 2. The van der Waals surface area contributed by atoms with Crippen molar-refractivity contribution in [2.45, 2.75) is 31.2 Å². The Balaban J connectivity index is 1.82. The molecule has 0 atom stereocenters. The van der Waals surface area contributed by atoms with Crippen molar-refractivity contribution in [3.05, 3.63) is 48.5 Å². The van der Waals surface area contributed by atoms with Crippen molar-refractivity contribution in [2.75, 3.05) is 12.3 Å². The Morgan fingerprint density at radius 2 is 2.24 bits per heavy atom. The number of hydrogen-bond acceptors (Lipinski definition) is 3. The summed E-state index contributed by atoms with van der Waals surface area (Å²) in [5, 5.41) is 2.99. The maximum atomic E-state index is 12.2. The summed E-state index contributed by atoms with van der Waals surface area (Å²) in [5.74, 6) is 1.05. The van der Waals surface area contributed by atoms with E-state index < -0.39 is 0 Å². The maximum Gasteiger partial charge on any atom is 0.252 e. The summed E-state index contributed by atoms with van der Waals surface area (Å²) in [6, 6.07) is 7.80. The lowest BCUT2D eigenvalue weighted by Crippen LogP contribution is -2.25. The van der Waals surface area contributed by atoms with Gasteiger partial charge in [-0.05, 0) is 30.7 Å². The number of carbonyl (C=O) groups is 1. The van der Waals surface area contributed by atoms with Crippen molar-refractivity contribution in [3.63, 3.8) is 0 Å². The number of rotatable bonds is 8. The molecule has 2 rings (SSSR count). The normalized spacial score (nSPS) is 10.5. The van der Waals surface area contributed by atoms with Crippen LogP contribution in [0.2, 0.25) is 0 Å². The first-order valence-electron chi connectivity index (χ1n) is 7.27. The third kappa shape index (κ3) is 4.93. The van der Waals surface area contributed by atoms with Gasteiger partial charge in [-0.15, -0.1) is 11.8 Å². The molecule has 1 N–H and O–H groups in total. The Hall–Kier alpha value is -1.75. The molecule has 21 heavy (non-hydrogen) atoms. The molecule has 0 saturated heterocycles. The van der Waals surface area contributed by atoms with Crippen molar-refractivity contribution in [3.8, 4) is 0 Å². The van der Waals surface area contributed by atoms with Crippen molar-refractivity contribution in [2.24, 2.45) is 0 Å². The average Bonchev–Trinajstić information content (AvgIpc) is 3.03. The van der Waals surface area contributed by atoms with Gasteiger partial charge < -0.3 is 9.88 Å². The molecule has 0 aliphatic rings. The quantitative estimate of drug-likeness (QED) is 0.602. The molecule has 0 radical (unpaired) electrons. The van der Waals surface area contributed by atoms with Gasteiger partial charge in [0, 0.05) is 30.4 Å². The van der Waals surface area contributed by atoms with Crippen LogP contribution in [0.1, 0.15) is 30.1 Å². The Kier molecular flexibility index (Phi) is 6.34. The first-order valence-corrected chi connectivity index (χ1v) is 8.25. The van der Waals surface area contributed by atoms with Gasteiger partial charge in [0.25, 0.3) is 5.91 Å². The van der Waals surface area contributed by atoms with Gasteiger partial charge in [-0.1, -0.05) is 19.1 Å². The minimum absolute atomic E-state index is 0.0137. The zero-order chi connectivity index (χ0) is 14.9. The Labute approximate surface area is 130 Å². The molecule has 1 amide bonds. The summed E-state index contributed by atoms with van der Waals surface area (Å²) in [6.45, 7) is 3.68. The fraction of sp³-hybridized carbons (Fsp3) is 0.375. The van der Waals surface area contributed by atoms with E-state index in [1.54, 1.807) is 24.3 Å². The lowest BCUT2D eigenvalue weighted by atomic mass is 10.2. The molecule has 4 nitrogen and oxygen atoms in total. The predicted molar refractivity (Wildman–Crippen MR) is 86.6 cm³/mol. The molecule has 0 saturated carbocycles. The van der Waals surface area contributed by atoms with E-state index in [1.165, 1.54) is 0 Å². The van der Waals surface area contributed by atoms with Crippen LogP contribution in [0.15, 0.2) is 47.9 Å². The second-order valence-corrected chi connectivity index (χ2v) is 5.89. The maximum absolute atomic E-state index is 12.2. The minimum atomic E-state index is 0.0137. The number of imidazole rings is 1. The molecular formula is C16H21N3OS. The number of thioether (sulfide) groups is 1. The van der Waals surface area contributed by atoms with Crippen LogP contribution in [0.5, 0.6) is 0 Å². The molecular weight excluding hydrogens is 282 g/mol. The molecule has 0 unspecified atom stereocenters. The standard InChI is InChI=1S/C16H21N3OS/c1-2-12-21-15-7-4-3-6-14(15)16(20)18-8-5-10-19-11-9-17-13-19/h3-4,6-7,9,11,13H,2,5,8,10,12H2,1H3,(H,18,20). The highest BCUT2D eigenvalue weighted by molar-refractivity contribution is 7.99. The third-order valence-corrected chi connectivity index (χ3v) is 4.31. The van der Waals surface area contributed by atoms with Crippen LogP contribution < -0.4 is 5.32 Å². The largest absolute Gasteiger partial charge is 0.352 e. The predicted octanol–water partition coefficient (Wildman–Crippen LogP) is 3.21.